The van der Waals surface area contributed by atoms with Gasteiger partial charge in [-0.3, -0.25) is 4.79 Å². The Morgan fingerprint density at radius 3 is 2.36 bits per heavy atom. The lowest BCUT2D eigenvalue weighted by atomic mass is 10.1. The molecule has 0 saturated carbocycles. The van der Waals surface area contributed by atoms with E-state index >= 15 is 0 Å². The van der Waals surface area contributed by atoms with Crippen LogP contribution >= 0.6 is 11.6 Å². The minimum absolute atomic E-state index is 0.354. The molecule has 0 aliphatic heterocycles. The molecular weight excluding hydrogens is 204 g/mol. The number of hydrogen-bond donors (Lipinski definition) is 0. The monoisotopic (exact) mass is 214 g/mol. The van der Waals surface area contributed by atoms with E-state index in [9.17, 15) is 4.79 Å². The van der Waals surface area contributed by atoms with Crippen molar-refractivity contribution in [3.63, 3.8) is 0 Å². The molecule has 14 heavy (non-hydrogen) atoms. The summed E-state index contributed by atoms with van der Waals surface area (Å²) in [7, 11) is 3.05. The summed E-state index contributed by atoms with van der Waals surface area (Å²) in [6.45, 7) is 1.81. The van der Waals surface area contributed by atoms with E-state index in [-0.39, 0.29) is 0 Å². The summed E-state index contributed by atoms with van der Waals surface area (Å²) in [5.74, 6) is 1.13. The van der Waals surface area contributed by atoms with Crippen molar-refractivity contribution < 1.29 is 14.3 Å². The Morgan fingerprint density at radius 2 is 1.93 bits per heavy atom. The fourth-order valence-electron chi connectivity index (χ4n) is 1.31. The van der Waals surface area contributed by atoms with E-state index in [0.29, 0.717) is 17.1 Å². The molecule has 1 aromatic rings. The van der Waals surface area contributed by atoms with E-state index in [1.165, 1.54) is 7.11 Å². The summed E-state index contributed by atoms with van der Waals surface area (Å²) in [4.78, 5) is 11.0. The smallest absolute Gasteiger partial charge is 0.256 e. The molecule has 0 aliphatic carbocycles. The zero-order chi connectivity index (χ0) is 10.7. The summed E-state index contributed by atoms with van der Waals surface area (Å²) in [5.41, 5.74) is 1.12. The highest BCUT2D eigenvalue weighted by Gasteiger charge is 2.14. The van der Waals surface area contributed by atoms with Gasteiger partial charge in [-0.2, -0.15) is 0 Å². The number of ether oxygens (including phenoxy) is 2. The molecule has 0 aromatic heterocycles. The van der Waals surface area contributed by atoms with Gasteiger partial charge in [-0.15, -0.1) is 0 Å². The lowest BCUT2D eigenvalue weighted by Gasteiger charge is -2.11. The normalized spacial score (nSPS) is 9.71. The largest absolute Gasteiger partial charge is 0.496 e. The lowest BCUT2D eigenvalue weighted by Crippen LogP contribution is -1.99. The first-order valence-corrected chi connectivity index (χ1v) is 4.41. The molecular formula is C10H11ClO3. The number of carbonyl (C=O) groups is 1. The van der Waals surface area contributed by atoms with Crippen molar-refractivity contribution in [1.82, 2.24) is 0 Å². The summed E-state index contributed by atoms with van der Waals surface area (Å²) in [6.07, 6.45) is 0. The standard InChI is InChI=1S/C10H11ClO3/c1-6-8(13-2)5-4-7(10(11)12)9(6)14-3/h4-5H,1-3H3. The topological polar surface area (TPSA) is 35.5 Å². The fourth-order valence-corrected chi connectivity index (χ4v) is 1.46. The maximum absolute atomic E-state index is 11.0. The highest BCUT2D eigenvalue weighted by atomic mass is 35.5. The van der Waals surface area contributed by atoms with Gasteiger partial charge in [0, 0.05) is 5.56 Å². The molecule has 0 fully saturated rings. The number of halogens is 1. The Balaban J connectivity index is 3.35. The third kappa shape index (κ3) is 1.82. The molecule has 4 heteroatoms. The molecule has 0 radical (unpaired) electrons. The number of carbonyl (C=O) groups excluding carboxylic acids is 1. The van der Waals surface area contributed by atoms with E-state index in [1.54, 1.807) is 26.2 Å². The van der Waals surface area contributed by atoms with E-state index in [2.05, 4.69) is 0 Å². The number of hydrogen-bond acceptors (Lipinski definition) is 3. The molecule has 1 aromatic carbocycles. The molecule has 0 spiro atoms. The van der Waals surface area contributed by atoms with E-state index in [0.717, 1.165) is 5.56 Å². The van der Waals surface area contributed by atoms with Crippen LogP contribution in [0.15, 0.2) is 12.1 Å². The highest BCUT2D eigenvalue weighted by molar-refractivity contribution is 6.68. The van der Waals surface area contributed by atoms with Gasteiger partial charge in [0.2, 0.25) is 0 Å². The van der Waals surface area contributed by atoms with Crippen LogP contribution in [0.2, 0.25) is 0 Å². The van der Waals surface area contributed by atoms with Crippen LogP contribution in [0.3, 0.4) is 0 Å². The number of benzene rings is 1. The van der Waals surface area contributed by atoms with Crippen LogP contribution in [-0.2, 0) is 0 Å². The quantitative estimate of drug-likeness (QED) is 0.725. The van der Waals surface area contributed by atoms with Crippen molar-refractivity contribution in [3.8, 4) is 11.5 Å². The van der Waals surface area contributed by atoms with E-state index in [4.69, 9.17) is 21.1 Å². The molecule has 76 valence electrons. The van der Waals surface area contributed by atoms with Crippen LogP contribution in [0.4, 0.5) is 0 Å². The maximum Gasteiger partial charge on any atom is 0.256 e. The van der Waals surface area contributed by atoms with Gasteiger partial charge in [0.1, 0.15) is 11.5 Å². The first-order valence-electron chi connectivity index (χ1n) is 4.03. The third-order valence-electron chi connectivity index (χ3n) is 1.99. The summed E-state index contributed by atoms with van der Waals surface area (Å²) < 4.78 is 10.2. The lowest BCUT2D eigenvalue weighted by molar-refractivity contribution is 0.107. The Labute approximate surface area is 87.6 Å². The highest BCUT2D eigenvalue weighted by Crippen LogP contribution is 2.31. The molecule has 0 amide bonds. The van der Waals surface area contributed by atoms with Crippen LogP contribution < -0.4 is 9.47 Å². The van der Waals surface area contributed by atoms with Crippen molar-refractivity contribution in [2.24, 2.45) is 0 Å². The summed E-state index contributed by atoms with van der Waals surface area (Å²) in [5, 5.41) is -0.535. The van der Waals surface area contributed by atoms with Crippen LogP contribution in [0.25, 0.3) is 0 Å². The molecule has 3 nitrogen and oxygen atoms in total. The van der Waals surface area contributed by atoms with Crippen LogP contribution in [0.5, 0.6) is 11.5 Å². The molecule has 1 rings (SSSR count). The van der Waals surface area contributed by atoms with Gasteiger partial charge in [0.15, 0.2) is 0 Å². The zero-order valence-corrected chi connectivity index (χ0v) is 9.01. The second-order valence-corrected chi connectivity index (χ2v) is 3.09. The van der Waals surface area contributed by atoms with E-state index < -0.39 is 5.24 Å². The predicted molar refractivity (Wildman–Crippen MR) is 54.5 cm³/mol. The molecule has 0 unspecified atom stereocenters. The minimum atomic E-state index is -0.535. The van der Waals surface area contributed by atoms with E-state index in [1.807, 2.05) is 0 Å². The van der Waals surface area contributed by atoms with Crippen LogP contribution in [-0.4, -0.2) is 19.5 Å². The fraction of sp³-hybridized carbons (Fsp3) is 0.300. The van der Waals surface area contributed by atoms with Gasteiger partial charge < -0.3 is 9.47 Å². The Hall–Kier alpha value is -1.22. The molecule has 0 N–H and O–H groups in total. The van der Waals surface area contributed by atoms with Crippen LogP contribution in [0, 0.1) is 6.92 Å². The van der Waals surface area contributed by atoms with Gasteiger partial charge >= 0.3 is 0 Å². The van der Waals surface area contributed by atoms with Gasteiger partial charge in [0.05, 0.1) is 19.8 Å². The minimum Gasteiger partial charge on any atom is -0.496 e. The van der Waals surface area contributed by atoms with Crippen molar-refractivity contribution in [1.29, 1.82) is 0 Å². The van der Waals surface area contributed by atoms with Crippen molar-refractivity contribution in [3.05, 3.63) is 23.3 Å². The second kappa shape index (κ2) is 4.33. The van der Waals surface area contributed by atoms with Crippen LogP contribution in [0.1, 0.15) is 15.9 Å². The number of rotatable bonds is 3. The summed E-state index contributed by atoms with van der Waals surface area (Å²) in [6, 6.07) is 3.27. The van der Waals surface area contributed by atoms with Crippen molar-refractivity contribution in [2.45, 2.75) is 6.92 Å². The third-order valence-corrected chi connectivity index (χ3v) is 2.20. The number of methoxy groups -OCH3 is 2. The Bertz CT molecular complexity index is 361. The predicted octanol–water partition coefficient (Wildman–Crippen LogP) is 2.39. The molecule has 0 saturated heterocycles. The molecule has 0 atom stereocenters. The summed E-state index contributed by atoms with van der Waals surface area (Å²) >= 11 is 5.39. The molecule has 0 aliphatic rings. The first-order chi connectivity index (χ1) is 6.61. The maximum atomic E-state index is 11.0. The van der Waals surface area contributed by atoms with Crippen molar-refractivity contribution >= 4 is 16.8 Å². The van der Waals surface area contributed by atoms with Gasteiger partial charge in [0.25, 0.3) is 5.24 Å². The first kappa shape index (κ1) is 10.9. The Kier molecular flexibility index (Phi) is 3.36. The average molecular weight is 215 g/mol. The average Bonchev–Trinajstić information content (AvgIpc) is 2.17. The Morgan fingerprint density at radius 1 is 1.29 bits per heavy atom. The van der Waals surface area contributed by atoms with Gasteiger partial charge in [-0.1, -0.05) is 0 Å². The zero-order valence-electron chi connectivity index (χ0n) is 8.26. The van der Waals surface area contributed by atoms with Gasteiger partial charge in [-0.05, 0) is 30.7 Å². The SMILES string of the molecule is COc1ccc(C(=O)Cl)c(OC)c1C. The second-order valence-electron chi connectivity index (χ2n) is 2.75. The van der Waals surface area contributed by atoms with Crippen molar-refractivity contribution in [2.75, 3.05) is 14.2 Å². The molecule has 0 bridgehead atoms. The molecule has 0 heterocycles. The van der Waals surface area contributed by atoms with Gasteiger partial charge in [-0.25, -0.2) is 0 Å².